The molecule has 1 saturated heterocycles. The van der Waals surface area contributed by atoms with Crippen molar-refractivity contribution >= 4 is 6.29 Å². The van der Waals surface area contributed by atoms with Gasteiger partial charge in [0.05, 0.1) is 0 Å². The van der Waals surface area contributed by atoms with E-state index in [9.17, 15) is 4.79 Å². The van der Waals surface area contributed by atoms with Gasteiger partial charge in [0.25, 0.3) is 0 Å². The van der Waals surface area contributed by atoms with E-state index in [4.69, 9.17) is 5.73 Å². The summed E-state index contributed by atoms with van der Waals surface area (Å²) >= 11 is 0. The maximum Gasteiger partial charge on any atom is 0.150 e. The zero-order chi connectivity index (χ0) is 11.5. The summed E-state index contributed by atoms with van der Waals surface area (Å²) < 4.78 is 0. The molecule has 0 radical (unpaired) electrons. The summed E-state index contributed by atoms with van der Waals surface area (Å²) in [5, 5.41) is 3.45. The number of hydrogen-bond acceptors (Lipinski definition) is 3. The molecule has 1 aromatic rings. The van der Waals surface area contributed by atoms with E-state index in [-0.39, 0.29) is 12.1 Å². The highest BCUT2D eigenvalue weighted by atomic mass is 16.1. The van der Waals surface area contributed by atoms with E-state index in [0.717, 1.165) is 24.8 Å². The molecule has 0 bridgehead atoms. The first kappa shape index (κ1) is 11.3. The fourth-order valence-electron chi connectivity index (χ4n) is 2.35. The summed E-state index contributed by atoms with van der Waals surface area (Å²) in [7, 11) is 0. The van der Waals surface area contributed by atoms with Gasteiger partial charge in [0.1, 0.15) is 6.29 Å². The lowest BCUT2D eigenvalue weighted by Crippen LogP contribution is -2.46. The molecule has 3 unspecified atom stereocenters. The lowest BCUT2D eigenvalue weighted by Gasteiger charge is -2.34. The number of nitrogens with two attached hydrogens (primary N) is 1. The summed E-state index contributed by atoms with van der Waals surface area (Å²) in [6.07, 6.45) is 1.91. The highest BCUT2D eigenvalue weighted by Gasteiger charge is 2.26. The Bertz CT molecular complexity index is 378. The summed E-state index contributed by atoms with van der Waals surface area (Å²) in [5.41, 5.74) is 7.97. The van der Waals surface area contributed by atoms with Gasteiger partial charge < -0.3 is 11.1 Å². The van der Waals surface area contributed by atoms with Crippen LogP contribution in [-0.2, 0) is 0 Å². The fraction of sp³-hybridized carbons (Fsp3) is 0.462. The van der Waals surface area contributed by atoms with Crippen LogP contribution in [-0.4, -0.2) is 18.9 Å². The second-order valence-electron chi connectivity index (χ2n) is 4.68. The molecule has 1 aromatic carbocycles. The molecule has 1 heterocycles. The average Bonchev–Trinajstić information content (AvgIpc) is 2.29. The first-order chi connectivity index (χ1) is 7.70. The number of carbonyl (C=O) groups excluding carboxylic acids is 1. The Morgan fingerprint density at radius 1 is 1.50 bits per heavy atom. The number of benzene rings is 1. The molecule has 16 heavy (non-hydrogen) atoms. The third-order valence-corrected chi connectivity index (χ3v) is 3.19. The maximum absolute atomic E-state index is 10.7. The molecule has 3 nitrogen and oxygen atoms in total. The SMILES string of the molecule is CC1CNC(c2cccc(C=O)c2)C(N)C1. The molecule has 0 aliphatic carbocycles. The van der Waals surface area contributed by atoms with Crippen LogP contribution in [0, 0.1) is 5.92 Å². The Morgan fingerprint density at radius 3 is 3.00 bits per heavy atom. The van der Waals surface area contributed by atoms with E-state index in [1.165, 1.54) is 0 Å². The Kier molecular flexibility index (Phi) is 3.36. The van der Waals surface area contributed by atoms with E-state index in [1.807, 2.05) is 24.3 Å². The summed E-state index contributed by atoms with van der Waals surface area (Å²) in [5.74, 6) is 0.625. The molecule has 1 aliphatic rings. The number of hydrogen-bond donors (Lipinski definition) is 2. The second kappa shape index (κ2) is 4.76. The van der Waals surface area contributed by atoms with Crippen LogP contribution in [0.5, 0.6) is 0 Å². The van der Waals surface area contributed by atoms with Crippen molar-refractivity contribution in [1.82, 2.24) is 5.32 Å². The van der Waals surface area contributed by atoms with Crippen molar-refractivity contribution in [2.75, 3.05) is 6.54 Å². The summed E-state index contributed by atoms with van der Waals surface area (Å²) in [6, 6.07) is 7.97. The van der Waals surface area contributed by atoms with Gasteiger partial charge in [0, 0.05) is 17.6 Å². The van der Waals surface area contributed by atoms with Crippen LogP contribution in [0.1, 0.15) is 35.3 Å². The molecule has 0 spiro atoms. The predicted octanol–water partition coefficient (Wildman–Crippen LogP) is 1.50. The number of aldehydes is 1. The molecule has 3 N–H and O–H groups in total. The lowest BCUT2D eigenvalue weighted by atomic mass is 9.87. The van der Waals surface area contributed by atoms with Gasteiger partial charge in [0.2, 0.25) is 0 Å². The minimum atomic E-state index is 0.130. The molecular weight excluding hydrogens is 200 g/mol. The summed E-state index contributed by atoms with van der Waals surface area (Å²) in [6.45, 7) is 3.19. The van der Waals surface area contributed by atoms with E-state index in [0.29, 0.717) is 11.5 Å². The minimum Gasteiger partial charge on any atom is -0.326 e. The Morgan fingerprint density at radius 2 is 2.31 bits per heavy atom. The topological polar surface area (TPSA) is 55.1 Å². The van der Waals surface area contributed by atoms with Crippen LogP contribution >= 0.6 is 0 Å². The molecule has 0 amide bonds. The maximum atomic E-state index is 10.7. The van der Waals surface area contributed by atoms with E-state index >= 15 is 0 Å². The minimum absolute atomic E-state index is 0.130. The highest BCUT2D eigenvalue weighted by molar-refractivity contribution is 5.75. The van der Waals surface area contributed by atoms with Crippen molar-refractivity contribution in [3.63, 3.8) is 0 Å². The van der Waals surface area contributed by atoms with E-state index in [2.05, 4.69) is 12.2 Å². The largest absolute Gasteiger partial charge is 0.326 e. The van der Waals surface area contributed by atoms with Gasteiger partial charge in [-0.05, 0) is 30.5 Å². The molecule has 1 aliphatic heterocycles. The third kappa shape index (κ3) is 2.31. The van der Waals surface area contributed by atoms with Crippen molar-refractivity contribution in [3.8, 4) is 0 Å². The van der Waals surface area contributed by atoms with Crippen LogP contribution in [0.15, 0.2) is 24.3 Å². The van der Waals surface area contributed by atoms with Crippen molar-refractivity contribution in [3.05, 3.63) is 35.4 Å². The van der Waals surface area contributed by atoms with Crippen LogP contribution < -0.4 is 11.1 Å². The van der Waals surface area contributed by atoms with Gasteiger partial charge in [-0.1, -0.05) is 25.1 Å². The average molecular weight is 218 g/mol. The molecule has 0 saturated carbocycles. The molecule has 0 aromatic heterocycles. The summed E-state index contributed by atoms with van der Waals surface area (Å²) in [4.78, 5) is 10.7. The molecular formula is C13H18N2O. The van der Waals surface area contributed by atoms with Crippen molar-refractivity contribution in [1.29, 1.82) is 0 Å². The molecule has 3 heteroatoms. The van der Waals surface area contributed by atoms with Gasteiger partial charge in [0.15, 0.2) is 0 Å². The monoisotopic (exact) mass is 218 g/mol. The first-order valence-corrected chi connectivity index (χ1v) is 5.75. The van der Waals surface area contributed by atoms with E-state index in [1.54, 1.807) is 0 Å². The quantitative estimate of drug-likeness (QED) is 0.740. The van der Waals surface area contributed by atoms with Crippen molar-refractivity contribution < 1.29 is 4.79 Å². The standard InChI is InChI=1S/C13H18N2O/c1-9-5-12(14)13(15-7-9)11-4-2-3-10(6-11)8-16/h2-4,6,8-9,12-13,15H,5,7,14H2,1H3. The fourth-order valence-corrected chi connectivity index (χ4v) is 2.35. The first-order valence-electron chi connectivity index (χ1n) is 5.75. The van der Waals surface area contributed by atoms with Gasteiger partial charge in [-0.2, -0.15) is 0 Å². The molecule has 1 fully saturated rings. The second-order valence-corrected chi connectivity index (χ2v) is 4.68. The van der Waals surface area contributed by atoms with Crippen LogP contribution in [0.25, 0.3) is 0 Å². The smallest absolute Gasteiger partial charge is 0.150 e. The predicted molar refractivity (Wildman–Crippen MR) is 64.3 cm³/mol. The van der Waals surface area contributed by atoms with Crippen LogP contribution in [0.2, 0.25) is 0 Å². The highest BCUT2D eigenvalue weighted by Crippen LogP contribution is 2.25. The number of carbonyl (C=O) groups is 1. The molecule has 86 valence electrons. The normalized spacial score (nSPS) is 30.0. The number of nitrogens with one attached hydrogen (secondary N) is 1. The van der Waals surface area contributed by atoms with Crippen LogP contribution in [0.4, 0.5) is 0 Å². The van der Waals surface area contributed by atoms with E-state index < -0.39 is 0 Å². The molecule has 2 rings (SSSR count). The zero-order valence-electron chi connectivity index (χ0n) is 9.52. The van der Waals surface area contributed by atoms with Crippen molar-refractivity contribution in [2.45, 2.75) is 25.4 Å². The Balaban J connectivity index is 2.19. The van der Waals surface area contributed by atoms with Gasteiger partial charge in [-0.3, -0.25) is 4.79 Å². The zero-order valence-corrected chi connectivity index (χ0v) is 9.52. The van der Waals surface area contributed by atoms with Crippen molar-refractivity contribution in [2.24, 2.45) is 11.7 Å². The van der Waals surface area contributed by atoms with Gasteiger partial charge in [-0.15, -0.1) is 0 Å². The number of piperidine rings is 1. The molecule has 3 atom stereocenters. The number of rotatable bonds is 2. The Labute approximate surface area is 96.0 Å². The Hall–Kier alpha value is -1.19. The third-order valence-electron chi connectivity index (χ3n) is 3.19. The lowest BCUT2D eigenvalue weighted by molar-refractivity contribution is 0.112. The van der Waals surface area contributed by atoms with Gasteiger partial charge in [-0.25, -0.2) is 0 Å². The van der Waals surface area contributed by atoms with Gasteiger partial charge >= 0.3 is 0 Å². The van der Waals surface area contributed by atoms with Crippen LogP contribution in [0.3, 0.4) is 0 Å².